The summed E-state index contributed by atoms with van der Waals surface area (Å²) in [7, 11) is 0. The normalized spacial score (nSPS) is 52.2. The third kappa shape index (κ3) is 5.48. The molecule has 8 N–H and O–H groups in total. The molecule has 9 fully saturated rings. The molecule has 0 amide bonds. The molecule has 6 heterocycles. The van der Waals surface area contributed by atoms with E-state index in [1.807, 2.05) is 18.3 Å². The van der Waals surface area contributed by atoms with Gasteiger partial charge >= 0.3 is 0 Å². The number of aromatic nitrogens is 1. The number of nitrogens with one attached hydrogen (secondary N) is 8. The summed E-state index contributed by atoms with van der Waals surface area (Å²) in [4.78, 5) is 4.60. The minimum atomic E-state index is 0.150. The average Bonchev–Trinajstić information content (AvgIpc) is 3.85. The van der Waals surface area contributed by atoms with Gasteiger partial charge in [0, 0.05) is 18.2 Å². The van der Waals surface area contributed by atoms with Crippen LogP contribution in [0.4, 0.5) is 0 Å². The second-order valence-electron chi connectivity index (χ2n) is 17.0. The molecule has 9 aliphatic rings. The van der Waals surface area contributed by atoms with E-state index < -0.39 is 0 Å². The Morgan fingerprint density at radius 3 is 1.21 bits per heavy atom. The summed E-state index contributed by atoms with van der Waals surface area (Å²) in [6, 6.07) is 6.07. The van der Waals surface area contributed by atoms with Crippen LogP contribution in [0.2, 0.25) is 0 Å². The Morgan fingerprint density at radius 2 is 0.809 bits per heavy atom. The lowest BCUT2D eigenvalue weighted by Gasteiger charge is -2.39. The lowest BCUT2D eigenvalue weighted by atomic mass is 9.75. The van der Waals surface area contributed by atoms with Crippen molar-refractivity contribution in [2.45, 2.75) is 152 Å². The molecule has 10 nitrogen and oxygen atoms in total. The van der Waals surface area contributed by atoms with Crippen LogP contribution in [0.3, 0.4) is 0 Å². The molecule has 4 aliphatic carbocycles. The van der Waals surface area contributed by atoms with Crippen LogP contribution in [0.1, 0.15) is 96.3 Å². The van der Waals surface area contributed by atoms with Gasteiger partial charge in [0.25, 0.3) is 0 Å². The van der Waals surface area contributed by atoms with E-state index in [0.717, 1.165) is 12.3 Å². The summed E-state index contributed by atoms with van der Waals surface area (Å²) in [6.45, 7) is 0. The number of ether oxygens (including phenoxy) is 1. The van der Waals surface area contributed by atoms with Gasteiger partial charge in [-0.1, -0.05) is 44.6 Å². The minimum Gasteiger partial charge on any atom is -0.474 e. The highest BCUT2D eigenvalue weighted by Crippen LogP contribution is 2.46. The Balaban J connectivity index is 0.994. The molecule has 1 aromatic heterocycles. The summed E-state index contributed by atoms with van der Waals surface area (Å²) in [5.74, 6) is 5.76. The smallest absolute Gasteiger partial charge is 0.213 e. The number of pyridine rings is 1. The van der Waals surface area contributed by atoms with Crippen LogP contribution in [0.25, 0.3) is 0 Å². The van der Waals surface area contributed by atoms with Gasteiger partial charge in [-0.05, 0) is 105 Å². The zero-order chi connectivity index (χ0) is 30.9. The molecule has 0 radical (unpaired) electrons. The molecule has 17 atom stereocenters. The third-order valence-electron chi connectivity index (χ3n) is 14.7. The fourth-order valence-corrected chi connectivity index (χ4v) is 12.7. The first-order chi connectivity index (χ1) is 23.3. The lowest BCUT2D eigenvalue weighted by molar-refractivity contribution is 0.0394. The quantitative estimate of drug-likeness (QED) is 0.244. The molecule has 5 aliphatic heterocycles. The highest BCUT2D eigenvalue weighted by atomic mass is 16.5. The Morgan fingerprint density at radius 1 is 0.426 bits per heavy atom. The van der Waals surface area contributed by atoms with Crippen molar-refractivity contribution in [3.8, 4) is 5.88 Å². The number of nitrogens with zero attached hydrogens (tertiary/aromatic N) is 1. The van der Waals surface area contributed by atoms with Crippen molar-refractivity contribution in [1.29, 1.82) is 0 Å². The Bertz CT molecular complexity index is 1240. The first-order valence-electron chi connectivity index (χ1n) is 19.9. The molecular formula is C37H59N9O. The maximum absolute atomic E-state index is 6.78. The SMILES string of the molecule is c1ccc(OC2CCCC3C4NC5NC(NC6NC(NC7NC(NC(N4)C23)C2CCCCC72)C2CCCCC62)C2CCCCC52)nc1. The van der Waals surface area contributed by atoms with Crippen molar-refractivity contribution in [2.24, 2.45) is 47.3 Å². The molecule has 17 unspecified atom stereocenters. The third-order valence-corrected chi connectivity index (χ3v) is 14.7. The lowest BCUT2D eigenvalue weighted by Crippen LogP contribution is -2.62. The van der Waals surface area contributed by atoms with Crippen molar-refractivity contribution in [2.75, 3.05) is 0 Å². The zero-order valence-electron chi connectivity index (χ0n) is 28.1. The van der Waals surface area contributed by atoms with Crippen LogP contribution >= 0.6 is 0 Å². The predicted octanol–water partition coefficient (Wildman–Crippen LogP) is 3.06. The van der Waals surface area contributed by atoms with Crippen molar-refractivity contribution in [3.63, 3.8) is 0 Å². The Kier molecular flexibility index (Phi) is 8.26. The zero-order valence-corrected chi connectivity index (χ0v) is 28.1. The highest BCUT2D eigenvalue weighted by molar-refractivity contribution is 5.13. The van der Waals surface area contributed by atoms with Crippen LogP contribution in [-0.4, -0.2) is 60.4 Å². The molecule has 4 saturated carbocycles. The van der Waals surface area contributed by atoms with E-state index in [2.05, 4.69) is 53.6 Å². The van der Waals surface area contributed by atoms with Crippen LogP contribution < -0.4 is 47.3 Å². The van der Waals surface area contributed by atoms with Crippen LogP contribution in [0.15, 0.2) is 24.4 Å². The molecule has 258 valence electrons. The molecule has 1 aromatic rings. The first kappa shape index (κ1) is 30.5. The van der Waals surface area contributed by atoms with E-state index in [9.17, 15) is 0 Å². The molecule has 0 aromatic carbocycles. The summed E-state index contributed by atoms with van der Waals surface area (Å²) < 4.78 is 6.78. The van der Waals surface area contributed by atoms with Gasteiger partial charge in [0.15, 0.2) is 0 Å². The summed E-state index contributed by atoms with van der Waals surface area (Å²) in [5, 5.41) is 33.9. The second-order valence-corrected chi connectivity index (χ2v) is 17.0. The summed E-state index contributed by atoms with van der Waals surface area (Å²) in [5.41, 5.74) is 0. The average molecular weight is 646 g/mol. The fraction of sp³-hybridized carbons (Fsp3) is 0.865. The van der Waals surface area contributed by atoms with Crippen molar-refractivity contribution in [1.82, 2.24) is 47.5 Å². The van der Waals surface area contributed by atoms with Crippen LogP contribution in [0, 0.1) is 47.3 Å². The van der Waals surface area contributed by atoms with E-state index in [4.69, 9.17) is 4.74 Å². The fourth-order valence-electron chi connectivity index (χ4n) is 12.7. The number of fused-ring (bicyclic) bond motifs is 20. The monoisotopic (exact) mass is 645 g/mol. The van der Waals surface area contributed by atoms with Gasteiger partial charge in [-0.2, -0.15) is 0 Å². The van der Waals surface area contributed by atoms with Gasteiger partial charge in [0.2, 0.25) is 5.88 Å². The molecule has 47 heavy (non-hydrogen) atoms. The van der Waals surface area contributed by atoms with Gasteiger partial charge in [-0.3, -0.25) is 42.5 Å². The van der Waals surface area contributed by atoms with Crippen molar-refractivity contribution < 1.29 is 4.74 Å². The second kappa shape index (κ2) is 12.7. The maximum Gasteiger partial charge on any atom is 0.213 e. The standard InChI is InChI=1S/C37H59N9O/c1-2-11-21-20(10-1)30-39-31(21)41-33-24-14-5-6-15-25(24)35(43-33)45-37-29-26(16-9-17-27(29)47-28-18-7-8-19-38-28)36(46-37)44-34-23-13-4-3-12-22(23)32(40-30)42-34/h7-8,18-27,29-37,39-46H,1-6,9-17H2. The Hall–Kier alpha value is -1.37. The topological polar surface area (TPSA) is 118 Å². The number of hydrogen-bond acceptors (Lipinski definition) is 10. The predicted molar refractivity (Wildman–Crippen MR) is 181 cm³/mol. The van der Waals surface area contributed by atoms with E-state index in [0.29, 0.717) is 84.3 Å². The van der Waals surface area contributed by atoms with E-state index in [-0.39, 0.29) is 18.4 Å². The van der Waals surface area contributed by atoms with Crippen molar-refractivity contribution >= 4 is 0 Å². The minimum absolute atomic E-state index is 0.150. The van der Waals surface area contributed by atoms with Gasteiger partial charge in [-0.15, -0.1) is 0 Å². The van der Waals surface area contributed by atoms with Gasteiger partial charge in [0.05, 0.1) is 49.3 Å². The molecule has 8 bridgehead atoms. The molecule has 10 heteroatoms. The number of hydrogen-bond donors (Lipinski definition) is 8. The maximum atomic E-state index is 6.78. The molecular weight excluding hydrogens is 586 g/mol. The highest BCUT2D eigenvalue weighted by Gasteiger charge is 2.56. The van der Waals surface area contributed by atoms with Crippen LogP contribution in [-0.2, 0) is 0 Å². The van der Waals surface area contributed by atoms with Gasteiger partial charge < -0.3 is 4.74 Å². The Labute approximate surface area is 281 Å². The first-order valence-corrected chi connectivity index (χ1v) is 19.9. The van der Waals surface area contributed by atoms with E-state index >= 15 is 0 Å². The van der Waals surface area contributed by atoms with Gasteiger partial charge in [-0.25, -0.2) is 4.98 Å². The molecule has 5 saturated heterocycles. The molecule has 10 rings (SSSR count). The van der Waals surface area contributed by atoms with E-state index in [1.54, 1.807) is 0 Å². The largest absolute Gasteiger partial charge is 0.474 e. The van der Waals surface area contributed by atoms with Crippen molar-refractivity contribution in [3.05, 3.63) is 24.4 Å². The van der Waals surface area contributed by atoms with E-state index in [1.165, 1.54) is 89.9 Å². The number of rotatable bonds is 2. The van der Waals surface area contributed by atoms with Gasteiger partial charge in [0.1, 0.15) is 6.10 Å². The summed E-state index contributed by atoms with van der Waals surface area (Å²) in [6.07, 6.45) is 24.3. The summed E-state index contributed by atoms with van der Waals surface area (Å²) >= 11 is 0. The van der Waals surface area contributed by atoms with Crippen LogP contribution in [0.5, 0.6) is 5.88 Å². The molecule has 0 spiro atoms.